The van der Waals surface area contributed by atoms with Crippen molar-refractivity contribution in [2.24, 2.45) is 5.92 Å². The molecule has 1 aliphatic rings. The molecule has 1 aromatic carbocycles. The van der Waals surface area contributed by atoms with E-state index in [0.717, 1.165) is 25.3 Å². The largest absolute Gasteiger partial charge is 0.314 e. The van der Waals surface area contributed by atoms with Gasteiger partial charge < -0.3 is 5.32 Å². The van der Waals surface area contributed by atoms with E-state index in [9.17, 15) is 8.78 Å². The van der Waals surface area contributed by atoms with Crippen molar-refractivity contribution in [2.75, 3.05) is 6.54 Å². The van der Waals surface area contributed by atoms with Gasteiger partial charge in [0.1, 0.15) is 11.6 Å². The van der Waals surface area contributed by atoms with Crippen LogP contribution in [0.3, 0.4) is 0 Å². The first-order chi connectivity index (χ1) is 10.2. The van der Waals surface area contributed by atoms with Crippen molar-refractivity contribution in [3.63, 3.8) is 0 Å². The van der Waals surface area contributed by atoms with Crippen LogP contribution in [0.5, 0.6) is 0 Å². The Morgan fingerprint density at radius 3 is 2.71 bits per heavy atom. The second-order valence-corrected chi connectivity index (χ2v) is 6.32. The van der Waals surface area contributed by atoms with Gasteiger partial charge in [-0.3, -0.25) is 0 Å². The lowest BCUT2D eigenvalue weighted by molar-refractivity contribution is 0.398. The standard InChI is InChI=1S/C18H27F2N/c1-2-11-21-17(9-7-14-5-3-4-6-14)13-15-12-16(19)8-10-18(15)20/h8,10,12,14,17,21H,2-7,9,11,13H2,1H3. The zero-order valence-corrected chi connectivity index (χ0v) is 13.0. The zero-order chi connectivity index (χ0) is 15.1. The van der Waals surface area contributed by atoms with Gasteiger partial charge in [0, 0.05) is 6.04 Å². The Bertz CT molecular complexity index is 427. The van der Waals surface area contributed by atoms with Gasteiger partial charge in [-0.25, -0.2) is 8.78 Å². The van der Waals surface area contributed by atoms with E-state index in [1.54, 1.807) is 0 Å². The third kappa shape index (κ3) is 5.39. The van der Waals surface area contributed by atoms with E-state index >= 15 is 0 Å². The van der Waals surface area contributed by atoms with Crippen LogP contribution in [0.25, 0.3) is 0 Å². The third-order valence-corrected chi connectivity index (χ3v) is 4.56. The molecular weight excluding hydrogens is 268 g/mol. The fraction of sp³-hybridized carbons (Fsp3) is 0.667. The van der Waals surface area contributed by atoms with Gasteiger partial charge in [-0.05, 0) is 61.9 Å². The molecule has 1 aliphatic carbocycles. The van der Waals surface area contributed by atoms with Crippen molar-refractivity contribution >= 4 is 0 Å². The molecule has 2 rings (SSSR count). The van der Waals surface area contributed by atoms with Crippen molar-refractivity contribution in [1.82, 2.24) is 5.32 Å². The van der Waals surface area contributed by atoms with Gasteiger partial charge in [0.25, 0.3) is 0 Å². The summed E-state index contributed by atoms with van der Waals surface area (Å²) in [5.41, 5.74) is 0.495. The maximum absolute atomic E-state index is 13.8. The second kappa shape index (κ2) is 8.47. The van der Waals surface area contributed by atoms with E-state index < -0.39 is 0 Å². The van der Waals surface area contributed by atoms with Crippen LogP contribution in [0.2, 0.25) is 0 Å². The van der Waals surface area contributed by atoms with Gasteiger partial charge in [-0.2, -0.15) is 0 Å². The quantitative estimate of drug-likeness (QED) is 0.723. The average Bonchev–Trinajstić information content (AvgIpc) is 2.99. The van der Waals surface area contributed by atoms with Gasteiger partial charge in [0.05, 0.1) is 0 Å². The van der Waals surface area contributed by atoms with Crippen LogP contribution in [0, 0.1) is 17.6 Å². The van der Waals surface area contributed by atoms with Gasteiger partial charge in [-0.15, -0.1) is 0 Å². The molecule has 21 heavy (non-hydrogen) atoms. The summed E-state index contributed by atoms with van der Waals surface area (Å²) >= 11 is 0. The van der Waals surface area contributed by atoms with Crippen LogP contribution in [0.1, 0.15) is 57.4 Å². The molecule has 1 atom stereocenters. The molecule has 1 fully saturated rings. The summed E-state index contributed by atoms with van der Waals surface area (Å²) in [5, 5.41) is 3.50. The van der Waals surface area contributed by atoms with Gasteiger partial charge >= 0.3 is 0 Å². The topological polar surface area (TPSA) is 12.0 Å². The van der Waals surface area contributed by atoms with E-state index in [-0.39, 0.29) is 17.7 Å². The minimum atomic E-state index is -0.351. The lowest BCUT2D eigenvalue weighted by Gasteiger charge is -2.21. The molecule has 118 valence electrons. The number of rotatable bonds is 8. The Morgan fingerprint density at radius 1 is 1.24 bits per heavy atom. The fourth-order valence-corrected chi connectivity index (χ4v) is 3.33. The first-order valence-electron chi connectivity index (χ1n) is 8.36. The summed E-state index contributed by atoms with van der Waals surface area (Å²) in [7, 11) is 0. The fourth-order valence-electron chi connectivity index (χ4n) is 3.33. The SMILES string of the molecule is CCCNC(CCC1CCCC1)Cc1cc(F)ccc1F. The molecule has 0 amide bonds. The molecule has 0 bridgehead atoms. The molecule has 0 aliphatic heterocycles. The lowest BCUT2D eigenvalue weighted by Crippen LogP contribution is -2.32. The average molecular weight is 295 g/mol. The van der Waals surface area contributed by atoms with Crippen molar-refractivity contribution in [2.45, 2.75) is 64.3 Å². The maximum Gasteiger partial charge on any atom is 0.126 e. The van der Waals surface area contributed by atoms with E-state index in [0.29, 0.717) is 12.0 Å². The monoisotopic (exact) mass is 295 g/mol. The van der Waals surface area contributed by atoms with E-state index in [1.807, 2.05) is 0 Å². The molecule has 1 saturated carbocycles. The number of hydrogen-bond acceptors (Lipinski definition) is 1. The lowest BCUT2D eigenvalue weighted by atomic mass is 9.94. The number of halogens is 2. The van der Waals surface area contributed by atoms with Crippen molar-refractivity contribution < 1.29 is 8.78 Å². The van der Waals surface area contributed by atoms with Crippen LogP contribution < -0.4 is 5.32 Å². The molecule has 0 spiro atoms. The highest BCUT2D eigenvalue weighted by Crippen LogP contribution is 2.29. The predicted octanol–water partition coefficient (Wildman–Crippen LogP) is 4.85. The Morgan fingerprint density at radius 2 is 2.00 bits per heavy atom. The maximum atomic E-state index is 13.8. The number of benzene rings is 1. The van der Waals surface area contributed by atoms with Crippen LogP contribution in [-0.4, -0.2) is 12.6 Å². The van der Waals surface area contributed by atoms with Crippen molar-refractivity contribution in [3.05, 3.63) is 35.4 Å². The van der Waals surface area contributed by atoms with E-state index in [4.69, 9.17) is 0 Å². The van der Waals surface area contributed by atoms with Crippen LogP contribution in [0.4, 0.5) is 8.78 Å². The Labute approximate surface area is 127 Å². The molecule has 0 heterocycles. The second-order valence-electron chi connectivity index (χ2n) is 6.32. The highest BCUT2D eigenvalue weighted by atomic mass is 19.1. The molecule has 1 nitrogen and oxygen atoms in total. The zero-order valence-electron chi connectivity index (χ0n) is 13.0. The molecule has 0 saturated heterocycles. The normalized spacial score (nSPS) is 17.3. The van der Waals surface area contributed by atoms with Crippen LogP contribution in [-0.2, 0) is 6.42 Å². The van der Waals surface area contributed by atoms with Crippen molar-refractivity contribution in [1.29, 1.82) is 0 Å². The van der Waals surface area contributed by atoms with Gasteiger partial charge in [0.2, 0.25) is 0 Å². The summed E-state index contributed by atoms with van der Waals surface area (Å²) in [6.07, 6.45) is 9.30. The molecule has 1 aromatic rings. The van der Waals surface area contributed by atoms with Crippen LogP contribution in [0.15, 0.2) is 18.2 Å². The van der Waals surface area contributed by atoms with Crippen molar-refractivity contribution in [3.8, 4) is 0 Å². The summed E-state index contributed by atoms with van der Waals surface area (Å²) < 4.78 is 27.1. The predicted molar refractivity (Wildman–Crippen MR) is 83.3 cm³/mol. The Balaban J connectivity index is 1.92. The smallest absolute Gasteiger partial charge is 0.126 e. The van der Waals surface area contributed by atoms with E-state index in [1.165, 1.54) is 50.3 Å². The first kappa shape index (κ1) is 16.4. The number of nitrogens with one attached hydrogen (secondary N) is 1. The summed E-state index contributed by atoms with van der Waals surface area (Å²) in [6, 6.07) is 4.01. The van der Waals surface area contributed by atoms with Gasteiger partial charge in [-0.1, -0.05) is 32.6 Å². The molecule has 1 N–H and O–H groups in total. The van der Waals surface area contributed by atoms with E-state index in [2.05, 4.69) is 12.2 Å². The molecule has 1 unspecified atom stereocenters. The molecular formula is C18H27F2N. The Hall–Kier alpha value is -0.960. The van der Waals surface area contributed by atoms with Gasteiger partial charge in [0.15, 0.2) is 0 Å². The first-order valence-corrected chi connectivity index (χ1v) is 8.36. The van der Waals surface area contributed by atoms with Crippen LogP contribution >= 0.6 is 0 Å². The number of hydrogen-bond donors (Lipinski definition) is 1. The third-order valence-electron chi connectivity index (χ3n) is 4.56. The summed E-state index contributed by atoms with van der Waals surface area (Å²) in [4.78, 5) is 0. The molecule has 3 heteroatoms. The molecule has 0 radical (unpaired) electrons. The molecule has 0 aromatic heterocycles. The summed E-state index contributed by atoms with van der Waals surface area (Å²) in [6.45, 7) is 3.07. The minimum absolute atomic E-state index is 0.252. The highest BCUT2D eigenvalue weighted by molar-refractivity contribution is 5.19. The Kier molecular flexibility index (Phi) is 6.62. The highest BCUT2D eigenvalue weighted by Gasteiger charge is 2.18. The summed E-state index contributed by atoms with van der Waals surface area (Å²) in [5.74, 6) is 0.199. The minimum Gasteiger partial charge on any atom is -0.314 e.